The highest BCUT2D eigenvalue weighted by Gasteiger charge is 2.28. The van der Waals surface area contributed by atoms with Crippen molar-refractivity contribution in [2.45, 2.75) is 25.9 Å². The molecule has 0 atom stereocenters. The number of amides is 1. The van der Waals surface area contributed by atoms with Gasteiger partial charge in [0.25, 0.3) is 5.56 Å². The van der Waals surface area contributed by atoms with Crippen molar-refractivity contribution in [1.82, 2.24) is 14.4 Å². The van der Waals surface area contributed by atoms with Crippen LogP contribution in [0.25, 0.3) is 0 Å². The van der Waals surface area contributed by atoms with Crippen molar-refractivity contribution in [3.63, 3.8) is 0 Å². The summed E-state index contributed by atoms with van der Waals surface area (Å²) in [4.78, 5) is 29.3. The average Bonchev–Trinajstić information content (AvgIpc) is 2.80. The van der Waals surface area contributed by atoms with Gasteiger partial charge >= 0.3 is 0 Å². The van der Waals surface area contributed by atoms with Gasteiger partial charge in [-0.15, -0.1) is 0 Å². The van der Waals surface area contributed by atoms with Crippen LogP contribution >= 0.6 is 0 Å². The van der Waals surface area contributed by atoms with E-state index in [0.717, 1.165) is 13.1 Å². The second kappa shape index (κ2) is 9.83. The molecule has 1 saturated heterocycles. The highest BCUT2D eigenvalue weighted by atomic mass is 16.3. The lowest BCUT2D eigenvalue weighted by atomic mass is 9.96. The van der Waals surface area contributed by atoms with Crippen molar-refractivity contribution < 1.29 is 9.90 Å². The molecular formula is C26H29N3O3. The van der Waals surface area contributed by atoms with E-state index in [1.165, 1.54) is 27.8 Å². The first-order valence-electron chi connectivity index (χ1n) is 11.0. The summed E-state index contributed by atoms with van der Waals surface area (Å²) in [5.74, 6) is 0.0117. The van der Waals surface area contributed by atoms with Gasteiger partial charge in [0.05, 0.1) is 6.04 Å². The van der Waals surface area contributed by atoms with Crippen LogP contribution in [0.3, 0.4) is 0 Å². The number of benzene rings is 2. The molecule has 166 valence electrons. The minimum atomic E-state index is -0.284. The second-order valence-electron chi connectivity index (χ2n) is 8.24. The monoisotopic (exact) mass is 431 g/mol. The van der Waals surface area contributed by atoms with Crippen molar-refractivity contribution in [1.29, 1.82) is 0 Å². The molecule has 4 rings (SSSR count). The standard InChI is InChI=1S/C26H29N3O3/c1-20-18-23(30)19-25(32)29(20)13-12-24(31)27-14-16-28(17-15-27)26(21-8-4-2-5-9-21)22-10-6-3-7-11-22/h2-11,18-19,26,30H,12-17H2,1H3. The van der Waals surface area contributed by atoms with Gasteiger partial charge in [0.1, 0.15) is 5.75 Å². The molecule has 0 bridgehead atoms. The maximum absolute atomic E-state index is 12.8. The number of aryl methyl sites for hydroxylation is 1. The maximum Gasteiger partial charge on any atom is 0.254 e. The minimum absolute atomic E-state index is 0.0439. The fourth-order valence-corrected chi connectivity index (χ4v) is 4.48. The van der Waals surface area contributed by atoms with Gasteiger partial charge in [-0.3, -0.25) is 14.5 Å². The lowest BCUT2D eigenvalue weighted by Gasteiger charge is -2.40. The average molecular weight is 432 g/mol. The molecule has 2 aromatic carbocycles. The Morgan fingerprint density at radius 3 is 2.00 bits per heavy atom. The van der Waals surface area contributed by atoms with Gasteiger partial charge in [-0.2, -0.15) is 0 Å². The molecule has 1 amide bonds. The maximum atomic E-state index is 12.8. The molecule has 0 aliphatic carbocycles. The zero-order valence-electron chi connectivity index (χ0n) is 18.4. The number of hydrogen-bond acceptors (Lipinski definition) is 4. The summed E-state index contributed by atoms with van der Waals surface area (Å²) in [6.07, 6.45) is 0.270. The van der Waals surface area contributed by atoms with E-state index in [1.54, 1.807) is 6.92 Å². The molecule has 6 nitrogen and oxygen atoms in total. The summed E-state index contributed by atoms with van der Waals surface area (Å²) >= 11 is 0. The van der Waals surface area contributed by atoms with Crippen molar-refractivity contribution in [3.8, 4) is 5.75 Å². The van der Waals surface area contributed by atoms with Gasteiger partial charge < -0.3 is 14.6 Å². The Morgan fingerprint density at radius 2 is 1.47 bits per heavy atom. The van der Waals surface area contributed by atoms with Gasteiger partial charge in [-0.25, -0.2) is 0 Å². The van der Waals surface area contributed by atoms with Gasteiger partial charge in [-0.1, -0.05) is 60.7 Å². The van der Waals surface area contributed by atoms with Crippen LogP contribution in [0, 0.1) is 6.92 Å². The van der Waals surface area contributed by atoms with E-state index in [1.807, 2.05) is 17.0 Å². The number of aromatic hydroxyl groups is 1. The Hall–Kier alpha value is -3.38. The Morgan fingerprint density at radius 1 is 0.906 bits per heavy atom. The third-order valence-electron chi connectivity index (χ3n) is 6.13. The number of rotatable bonds is 6. The summed E-state index contributed by atoms with van der Waals surface area (Å²) in [7, 11) is 0. The number of pyridine rings is 1. The summed E-state index contributed by atoms with van der Waals surface area (Å²) < 4.78 is 1.54. The Balaban J connectivity index is 1.40. The number of aromatic nitrogens is 1. The summed E-state index contributed by atoms with van der Waals surface area (Å²) in [6, 6.07) is 23.9. The second-order valence-corrected chi connectivity index (χ2v) is 8.24. The lowest BCUT2D eigenvalue weighted by Crippen LogP contribution is -2.50. The molecule has 1 aromatic heterocycles. The van der Waals surface area contributed by atoms with Crippen LogP contribution < -0.4 is 5.56 Å². The molecule has 2 heterocycles. The predicted octanol–water partition coefficient (Wildman–Crippen LogP) is 3.19. The number of nitrogens with zero attached hydrogens (tertiary/aromatic N) is 3. The normalized spacial score (nSPS) is 14.6. The predicted molar refractivity (Wildman–Crippen MR) is 125 cm³/mol. The first kappa shape index (κ1) is 21.8. The third-order valence-corrected chi connectivity index (χ3v) is 6.13. The number of carbonyl (C=O) groups excluding carboxylic acids is 1. The first-order valence-corrected chi connectivity index (χ1v) is 11.0. The first-order chi connectivity index (χ1) is 15.5. The minimum Gasteiger partial charge on any atom is -0.508 e. The molecule has 0 unspecified atom stereocenters. The topological polar surface area (TPSA) is 65.8 Å². The third kappa shape index (κ3) is 4.92. The van der Waals surface area contributed by atoms with Crippen LogP contribution in [0.4, 0.5) is 0 Å². The van der Waals surface area contributed by atoms with Crippen LogP contribution in [0.15, 0.2) is 77.6 Å². The Labute approximate surface area is 188 Å². The van der Waals surface area contributed by atoms with Crippen molar-refractivity contribution in [3.05, 3.63) is 100.0 Å². The number of carbonyl (C=O) groups is 1. The van der Waals surface area contributed by atoms with Crippen LogP contribution in [0.2, 0.25) is 0 Å². The number of hydrogen-bond donors (Lipinski definition) is 1. The van der Waals surface area contributed by atoms with Crippen LogP contribution in [0.5, 0.6) is 5.75 Å². The van der Waals surface area contributed by atoms with Gasteiger partial charge in [0.15, 0.2) is 0 Å². The van der Waals surface area contributed by atoms with Gasteiger partial charge in [0.2, 0.25) is 5.91 Å². The molecule has 1 fully saturated rings. The van der Waals surface area contributed by atoms with E-state index in [9.17, 15) is 14.7 Å². The molecule has 0 spiro atoms. The smallest absolute Gasteiger partial charge is 0.254 e. The molecule has 1 N–H and O–H groups in total. The zero-order chi connectivity index (χ0) is 22.5. The lowest BCUT2D eigenvalue weighted by molar-refractivity contribution is -0.133. The fraction of sp³-hybridized carbons (Fsp3) is 0.308. The van der Waals surface area contributed by atoms with Gasteiger partial charge in [0, 0.05) is 50.9 Å². The molecule has 32 heavy (non-hydrogen) atoms. The van der Waals surface area contributed by atoms with Crippen molar-refractivity contribution >= 4 is 5.91 Å². The van der Waals surface area contributed by atoms with Crippen molar-refractivity contribution in [2.75, 3.05) is 26.2 Å². The van der Waals surface area contributed by atoms with E-state index in [-0.39, 0.29) is 29.7 Å². The van der Waals surface area contributed by atoms with Crippen molar-refractivity contribution in [2.24, 2.45) is 0 Å². The Kier molecular flexibility index (Phi) is 6.71. The quantitative estimate of drug-likeness (QED) is 0.651. The summed E-state index contributed by atoms with van der Waals surface area (Å²) in [5, 5.41) is 9.54. The van der Waals surface area contributed by atoms with Gasteiger partial charge in [-0.05, 0) is 24.1 Å². The Bertz CT molecular complexity index is 1060. The molecule has 3 aromatic rings. The van der Waals surface area contributed by atoms with Crippen LogP contribution in [0.1, 0.15) is 29.3 Å². The molecular weight excluding hydrogens is 402 g/mol. The van der Waals surface area contributed by atoms with Crippen LogP contribution in [-0.4, -0.2) is 51.6 Å². The summed E-state index contributed by atoms with van der Waals surface area (Å²) in [5.41, 5.74) is 2.87. The molecule has 1 aliphatic heterocycles. The molecule has 6 heteroatoms. The largest absolute Gasteiger partial charge is 0.508 e. The molecule has 0 saturated carbocycles. The number of piperazine rings is 1. The van der Waals surface area contributed by atoms with E-state index in [4.69, 9.17) is 0 Å². The highest BCUT2D eigenvalue weighted by molar-refractivity contribution is 5.76. The summed E-state index contributed by atoms with van der Waals surface area (Å²) in [6.45, 7) is 4.99. The highest BCUT2D eigenvalue weighted by Crippen LogP contribution is 2.29. The van der Waals surface area contributed by atoms with E-state index in [2.05, 4.69) is 53.4 Å². The molecule has 1 aliphatic rings. The SMILES string of the molecule is Cc1cc(O)cc(=O)n1CCC(=O)N1CCN(C(c2ccccc2)c2ccccc2)CC1. The van der Waals surface area contributed by atoms with E-state index < -0.39 is 0 Å². The van der Waals surface area contributed by atoms with Crippen LogP contribution in [-0.2, 0) is 11.3 Å². The molecule has 0 radical (unpaired) electrons. The fourth-order valence-electron chi connectivity index (χ4n) is 4.48. The van der Waals surface area contributed by atoms with E-state index in [0.29, 0.717) is 25.3 Å². The zero-order valence-corrected chi connectivity index (χ0v) is 18.4. The van der Waals surface area contributed by atoms with E-state index >= 15 is 0 Å².